The molecule has 4 unspecified atom stereocenters. The molecule has 0 spiro atoms. The van der Waals surface area contributed by atoms with Crippen LogP contribution in [-0.2, 0) is 0 Å². The lowest BCUT2D eigenvalue weighted by Crippen LogP contribution is -2.23. The van der Waals surface area contributed by atoms with Crippen LogP contribution in [0.1, 0.15) is 45.4 Å². The summed E-state index contributed by atoms with van der Waals surface area (Å²) in [4.78, 5) is 0. The predicted octanol–water partition coefficient (Wildman–Crippen LogP) is 5.87. The molecule has 0 N–H and O–H groups in total. The number of hydrogen-bond acceptors (Lipinski definition) is 0. The van der Waals surface area contributed by atoms with E-state index in [9.17, 15) is 0 Å². The van der Waals surface area contributed by atoms with Gasteiger partial charge in [0.2, 0.25) is 0 Å². The van der Waals surface area contributed by atoms with Crippen molar-refractivity contribution in [3.63, 3.8) is 0 Å². The lowest BCUT2D eigenvalue weighted by atomic mass is 9.80. The lowest BCUT2D eigenvalue weighted by molar-refractivity contribution is 0.422. The Bertz CT molecular complexity index is 321. The number of hydrogen-bond donors (Lipinski definition) is 0. The van der Waals surface area contributed by atoms with E-state index >= 15 is 0 Å². The fourth-order valence-corrected chi connectivity index (χ4v) is 8.57. The van der Waals surface area contributed by atoms with Gasteiger partial charge in [-0.1, -0.05) is 47.2 Å². The van der Waals surface area contributed by atoms with Gasteiger partial charge >= 0.3 is 0 Å². The molecule has 96 valence electrons. The van der Waals surface area contributed by atoms with Gasteiger partial charge in [-0.3, -0.25) is 0 Å². The van der Waals surface area contributed by atoms with Crippen LogP contribution < -0.4 is 0 Å². The van der Waals surface area contributed by atoms with Crippen LogP contribution in [-0.4, -0.2) is 5.66 Å². The van der Waals surface area contributed by atoms with Crippen molar-refractivity contribution in [1.29, 1.82) is 0 Å². The molecule has 2 aliphatic carbocycles. The quantitative estimate of drug-likeness (QED) is 0.557. The zero-order valence-corrected chi connectivity index (χ0v) is 14.9. The fraction of sp³-hybridized carbons (Fsp3) is 0.692. The first kappa shape index (κ1) is 14.6. The first-order valence-electron chi connectivity index (χ1n) is 6.64. The molecule has 0 amide bonds. The van der Waals surface area contributed by atoms with Crippen LogP contribution in [0.5, 0.6) is 0 Å². The monoisotopic (exact) mass is 304 g/mol. The Morgan fingerprint density at radius 2 is 2.06 bits per heavy atom. The molecule has 0 saturated heterocycles. The molecule has 4 heteroatoms. The van der Waals surface area contributed by atoms with Gasteiger partial charge in [0, 0.05) is 0 Å². The summed E-state index contributed by atoms with van der Waals surface area (Å²) in [6.45, 7) is 2.32. The third-order valence-electron chi connectivity index (χ3n) is 4.03. The molecule has 2 rings (SSSR count). The van der Waals surface area contributed by atoms with Crippen LogP contribution in [0, 0.1) is 5.92 Å². The number of fused-ring (bicyclic) bond motifs is 1. The average molecular weight is 304 g/mol. The summed E-state index contributed by atoms with van der Waals surface area (Å²) in [5.74, 6) is 0.966. The Morgan fingerprint density at radius 1 is 1.35 bits per heavy atom. The Hall–Kier alpha value is 1.20. The number of rotatable bonds is 5. The largest absolute Gasteiger partial charge is 0.110 e. The first-order valence-corrected chi connectivity index (χ1v) is 13.3. The first-order chi connectivity index (χ1) is 8.26. The summed E-state index contributed by atoms with van der Waals surface area (Å²) < 4.78 is 0. The molecule has 2 aliphatic rings. The maximum absolute atomic E-state index is 3.17. The molecule has 6 atom stereocenters. The Kier molecular flexibility index (Phi) is 6.11. The molecule has 0 bridgehead atoms. The van der Waals surface area contributed by atoms with E-state index in [1.165, 1.54) is 38.5 Å². The highest BCUT2D eigenvalue weighted by Gasteiger charge is 2.33. The molecular weight excluding hydrogens is 280 g/mol. The minimum absolute atomic E-state index is 0.163. The van der Waals surface area contributed by atoms with Gasteiger partial charge in [-0.2, -0.15) is 0 Å². The second-order valence-electron chi connectivity index (χ2n) is 5.11. The van der Waals surface area contributed by atoms with Crippen molar-refractivity contribution in [2.45, 2.75) is 51.1 Å². The zero-order chi connectivity index (χ0) is 12.3. The van der Waals surface area contributed by atoms with Gasteiger partial charge in [-0.15, -0.1) is 17.9 Å². The summed E-state index contributed by atoms with van der Waals surface area (Å²) in [6.07, 6.45) is 13.1. The van der Waals surface area contributed by atoms with Crippen molar-refractivity contribution in [3.05, 3.63) is 23.3 Å². The topological polar surface area (TPSA) is 0 Å². The molecule has 1 fully saturated rings. The van der Waals surface area contributed by atoms with Gasteiger partial charge in [0.1, 0.15) is 0 Å². The van der Waals surface area contributed by atoms with E-state index in [1.807, 2.05) is 0 Å². The van der Waals surface area contributed by atoms with Crippen LogP contribution >= 0.6 is 33.1 Å². The second kappa shape index (κ2) is 7.11. The lowest BCUT2D eigenvalue weighted by Gasteiger charge is -2.37. The summed E-state index contributed by atoms with van der Waals surface area (Å²) >= 11 is 0. The Labute approximate surface area is 113 Å². The summed E-state index contributed by atoms with van der Waals surface area (Å²) in [5.41, 5.74) is 4.36. The van der Waals surface area contributed by atoms with E-state index < -0.39 is 0 Å². The molecular formula is C13H24P4. The van der Waals surface area contributed by atoms with Crippen molar-refractivity contribution >= 4 is 33.1 Å². The van der Waals surface area contributed by atoms with Gasteiger partial charge in [0.05, 0.1) is 0 Å². The van der Waals surface area contributed by atoms with Crippen molar-refractivity contribution in [3.8, 4) is 0 Å². The number of unbranched alkanes of at least 4 members (excludes halogenated alkanes) is 1. The van der Waals surface area contributed by atoms with Crippen LogP contribution in [0.25, 0.3) is 0 Å². The van der Waals surface area contributed by atoms with Gasteiger partial charge < -0.3 is 0 Å². The van der Waals surface area contributed by atoms with E-state index in [2.05, 4.69) is 36.9 Å². The standard InChI is InChI=1S/C13H24P4/c1-2-3-5-12-8-10-6-4-7-11(10)9-13(12)17(15)16-14/h6-7,12-13,16H,2-5,8-9,14-15H2,1H3/t12-,13+,17?/m0/s1. The highest BCUT2D eigenvalue weighted by molar-refractivity contribution is 8.61. The van der Waals surface area contributed by atoms with Crippen molar-refractivity contribution in [2.24, 2.45) is 5.92 Å². The molecule has 0 heterocycles. The summed E-state index contributed by atoms with van der Waals surface area (Å²) in [5, 5.41) is 0. The zero-order valence-electron chi connectivity index (χ0n) is 10.7. The van der Waals surface area contributed by atoms with Crippen molar-refractivity contribution in [2.75, 3.05) is 0 Å². The van der Waals surface area contributed by atoms with Crippen LogP contribution in [0.4, 0.5) is 0 Å². The molecule has 0 aliphatic heterocycles. The van der Waals surface area contributed by atoms with Gasteiger partial charge in [0.15, 0.2) is 0 Å². The van der Waals surface area contributed by atoms with E-state index in [0.717, 1.165) is 19.5 Å². The number of allylic oxidation sites excluding steroid dienone is 4. The van der Waals surface area contributed by atoms with Crippen molar-refractivity contribution < 1.29 is 0 Å². The third kappa shape index (κ3) is 3.61. The van der Waals surface area contributed by atoms with Crippen LogP contribution in [0.2, 0.25) is 0 Å². The highest BCUT2D eigenvalue weighted by atomic mass is 32.6. The summed E-state index contributed by atoms with van der Waals surface area (Å²) in [7, 11) is 7.37. The third-order valence-corrected chi connectivity index (χ3v) is 15.4. The SMILES string of the molecule is CCCC[C@H]1CC2=CCC=C2C[C@H]1P(P)PP. The Morgan fingerprint density at radius 3 is 2.71 bits per heavy atom. The van der Waals surface area contributed by atoms with Crippen LogP contribution in [0.3, 0.4) is 0 Å². The molecule has 0 aromatic rings. The van der Waals surface area contributed by atoms with Gasteiger partial charge in [-0.25, -0.2) is 0 Å². The molecule has 0 nitrogen and oxygen atoms in total. The van der Waals surface area contributed by atoms with Crippen LogP contribution in [0.15, 0.2) is 23.3 Å². The fourth-order valence-electron chi connectivity index (χ4n) is 3.03. The van der Waals surface area contributed by atoms with E-state index in [4.69, 9.17) is 0 Å². The van der Waals surface area contributed by atoms with Gasteiger partial charge in [-0.05, 0) is 48.4 Å². The predicted molar refractivity (Wildman–Crippen MR) is 91.5 cm³/mol. The maximum atomic E-state index is 3.17. The molecule has 0 aromatic heterocycles. The summed E-state index contributed by atoms with van der Waals surface area (Å²) in [6, 6.07) is 0. The van der Waals surface area contributed by atoms with E-state index in [0.29, 0.717) is 0 Å². The molecule has 0 radical (unpaired) electrons. The Balaban J connectivity index is 2.06. The highest BCUT2D eigenvalue weighted by Crippen LogP contribution is 2.72. The van der Waals surface area contributed by atoms with E-state index in [1.54, 1.807) is 11.1 Å². The molecule has 1 saturated carbocycles. The smallest absolute Gasteiger partial charge is 0.00640 e. The minimum atomic E-state index is 0.163. The normalized spacial score (nSPS) is 30.3. The van der Waals surface area contributed by atoms with E-state index in [-0.39, 0.29) is 7.30 Å². The van der Waals surface area contributed by atoms with Crippen molar-refractivity contribution in [1.82, 2.24) is 0 Å². The molecule has 0 aromatic carbocycles. The maximum Gasteiger partial charge on any atom is -0.00640 e. The van der Waals surface area contributed by atoms with Gasteiger partial charge in [0.25, 0.3) is 0 Å². The second-order valence-corrected chi connectivity index (χ2v) is 14.7. The molecule has 17 heavy (non-hydrogen) atoms. The minimum Gasteiger partial charge on any atom is -0.110 e. The average Bonchev–Trinajstić information content (AvgIpc) is 2.81.